The smallest absolute Gasteiger partial charge is 0.335 e. The van der Waals surface area contributed by atoms with Gasteiger partial charge in [0.15, 0.2) is 6.61 Å². The van der Waals surface area contributed by atoms with Crippen LogP contribution in [0.1, 0.15) is 6.92 Å². The number of hydrogen-bond donors (Lipinski definition) is 1. The Hall–Kier alpha value is -2.87. The van der Waals surface area contributed by atoms with E-state index < -0.39 is 39.0 Å². The lowest BCUT2D eigenvalue weighted by Gasteiger charge is -2.43. The number of nitrogens with zero attached hydrogens (tertiary/aromatic N) is 2. The Morgan fingerprint density at radius 2 is 1.85 bits per heavy atom. The second-order valence-electron chi connectivity index (χ2n) is 7.92. The normalized spacial score (nSPS) is 25.2. The van der Waals surface area contributed by atoms with Crippen LogP contribution in [0, 0.1) is 10.1 Å². The van der Waals surface area contributed by atoms with Crippen LogP contribution in [0.4, 0.5) is 5.69 Å². The van der Waals surface area contributed by atoms with Gasteiger partial charge in [-0.25, -0.2) is 4.79 Å². The zero-order chi connectivity index (χ0) is 24.5. The van der Waals surface area contributed by atoms with Crippen LogP contribution in [0.2, 0.25) is 0 Å². The van der Waals surface area contributed by atoms with Crippen LogP contribution >= 0.6 is 34.4 Å². The Morgan fingerprint density at radius 3 is 2.47 bits per heavy atom. The van der Waals surface area contributed by atoms with Crippen LogP contribution in [0.5, 0.6) is 11.5 Å². The van der Waals surface area contributed by atoms with E-state index in [4.69, 9.17) is 9.47 Å². The highest BCUT2D eigenvalue weighted by atomic mass is 127. The van der Waals surface area contributed by atoms with E-state index >= 15 is 0 Å². The second kappa shape index (κ2) is 9.78. The Bertz CT molecular complexity index is 1120. The topological polar surface area (TPSA) is 128 Å². The molecule has 178 valence electrons. The molecule has 4 rings (SSSR count). The molecule has 0 aromatic heterocycles. The number of non-ortho nitro benzene ring substituents is 1. The van der Waals surface area contributed by atoms with E-state index in [1.165, 1.54) is 40.9 Å². The lowest BCUT2D eigenvalue weighted by molar-refractivity contribution is -0.384. The summed E-state index contributed by atoms with van der Waals surface area (Å²) in [7, 11) is 0. The largest absolute Gasteiger partial charge is 0.484 e. The van der Waals surface area contributed by atoms with Crippen molar-refractivity contribution in [2.75, 3.05) is 11.0 Å². The highest BCUT2D eigenvalue weighted by Gasteiger charge is 2.65. The van der Waals surface area contributed by atoms with Gasteiger partial charge in [-0.05, 0) is 31.2 Å². The molecule has 0 spiro atoms. The van der Waals surface area contributed by atoms with Gasteiger partial charge in [0, 0.05) is 16.6 Å². The first-order valence-electron chi connectivity index (χ1n) is 10.2. The second-order valence-corrected chi connectivity index (χ2v) is 10.3. The minimum atomic E-state index is -0.865. The van der Waals surface area contributed by atoms with Gasteiger partial charge in [-0.15, -0.1) is 11.8 Å². The molecule has 2 aliphatic rings. The number of alkyl halides is 1. The summed E-state index contributed by atoms with van der Waals surface area (Å²) in [4.78, 5) is 50.1. The minimum Gasteiger partial charge on any atom is -0.484 e. The van der Waals surface area contributed by atoms with Crippen LogP contribution in [0.3, 0.4) is 0 Å². The number of esters is 1. The SMILES string of the molecule is CC1(CI)S[C@H]2C(NC(=O)COc3ccccc3)C(=O)N2C1C(=O)Oc1ccc([N+](=O)[O-])cc1. The molecule has 2 heterocycles. The van der Waals surface area contributed by atoms with Crippen molar-refractivity contribution < 1.29 is 28.8 Å². The van der Waals surface area contributed by atoms with Crippen LogP contribution in [-0.4, -0.2) is 60.8 Å². The van der Waals surface area contributed by atoms with Crippen LogP contribution in [0.15, 0.2) is 54.6 Å². The van der Waals surface area contributed by atoms with Crippen molar-refractivity contribution in [3.05, 3.63) is 64.7 Å². The van der Waals surface area contributed by atoms with Gasteiger partial charge in [-0.1, -0.05) is 40.8 Å². The highest BCUT2D eigenvalue weighted by Crippen LogP contribution is 2.52. The number of benzene rings is 2. The van der Waals surface area contributed by atoms with Gasteiger partial charge in [-0.3, -0.25) is 19.7 Å². The van der Waals surface area contributed by atoms with Crippen molar-refractivity contribution in [3.8, 4) is 11.5 Å². The number of nitro benzene ring substituents is 1. The third-order valence-corrected chi connectivity index (χ3v) is 9.26. The maximum absolute atomic E-state index is 13.1. The first-order chi connectivity index (χ1) is 16.2. The Balaban J connectivity index is 1.41. The molecule has 12 heteroatoms. The molecule has 2 saturated heterocycles. The van der Waals surface area contributed by atoms with E-state index in [9.17, 15) is 24.5 Å². The van der Waals surface area contributed by atoms with Crippen molar-refractivity contribution in [2.24, 2.45) is 0 Å². The lowest BCUT2D eigenvalue weighted by atomic mass is 9.96. The average molecular weight is 597 g/mol. The molecule has 3 unspecified atom stereocenters. The van der Waals surface area contributed by atoms with Gasteiger partial charge in [0.05, 0.1) is 9.67 Å². The molecule has 4 atom stereocenters. The molecule has 0 bridgehead atoms. The van der Waals surface area contributed by atoms with Gasteiger partial charge >= 0.3 is 5.97 Å². The third kappa shape index (κ3) is 4.69. The molecule has 34 heavy (non-hydrogen) atoms. The number of ether oxygens (including phenoxy) is 2. The molecule has 2 fully saturated rings. The Labute approximate surface area is 212 Å². The molecule has 0 saturated carbocycles. The van der Waals surface area contributed by atoms with Crippen LogP contribution in [-0.2, 0) is 14.4 Å². The Kier molecular flexibility index (Phi) is 6.98. The Morgan fingerprint density at radius 1 is 1.18 bits per heavy atom. The predicted octanol–water partition coefficient (Wildman–Crippen LogP) is 2.54. The number of amides is 2. The number of carbonyl (C=O) groups is 3. The zero-order valence-electron chi connectivity index (χ0n) is 17.9. The predicted molar refractivity (Wildman–Crippen MR) is 132 cm³/mol. The third-order valence-electron chi connectivity index (χ3n) is 5.51. The number of nitro groups is 1. The fraction of sp³-hybridized carbons (Fsp3) is 0.318. The lowest BCUT2D eigenvalue weighted by Crippen LogP contribution is -2.71. The number of fused-ring (bicyclic) bond motifs is 1. The van der Waals surface area contributed by atoms with Gasteiger partial charge in [0.1, 0.15) is 29.0 Å². The summed E-state index contributed by atoms with van der Waals surface area (Å²) in [5.41, 5.74) is -0.124. The van der Waals surface area contributed by atoms with Crippen molar-refractivity contribution in [1.29, 1.82) is 0 Å². The van der Waals surface area contributed by atoms with Crippen LogP contribution < -0.4 is 14.8 Å². The van der Waals surface area contributed by atoms with Gasteiger partial charge in [-0.2, -0.15) is 0 Å². The number of thioether (sulfide) groups is 1. The van der Waals surface area contributed by atoms with Gasteiger partial charge in [0.25, 0.3) is 11.6 Å². The van der Waals surface area contributed by atoms with E-state index in [0.29, 0.717) is 10.2 Å². The summed E-state index contributed by atoms with van der Waals surface area (Å²) >= 11 is 3.59. The van der Waals surface area contributed by atoms with E-state index in [1.807, 2.05) is 13.0 Å². The maximum Gasteiger partial charge on any atom is 0.335 e. The molecule has 10 nitrogen and oxygen atoms in total. The minimum absolute atomic E-state index is 0.124. The molecule has 0 radical (unpaired) electrons. The summed E-state index contributed by atoms with van der Waals surface area (Å²) in [6.07, 6.45) is 0. The number of halogens is 1. The summed E-state index contributed by atoms with van der Waals surface area (Å²) < 4.78 is 10.8. The molecular formula is C22H20IN3O7S. The van der Waals surface area contributed by atoms with Crippen molar-refractivity contribution >= 4 is 57.8 Å². The molecule has 1 N–H and O–H groups in total. The van der Waals surface area contributed by atoms with Gasteiger partial charge in [0.2, 0.25) is 5.91 Å². The molecular weight excluding hydrogens is 577 g/mol. The molecule has 0 aliphatic carbocycles. The van der Waals surface area contributed by atoms with E-state index in [1.54, 1.807) is 24.3 Å². The van der Waals surface area contributed by atoms with Crippen molar-refractivity contribution in [1.82, 2.24) is 10.2 Å². The first-order valence-corrected chi connectivity index (χ1v) is 12.6. The van der Waals surface area contributed by atoms with Crippen LogP contribution in [0.25, 0.3) is 0 Å². The number of para-hydroxylation sites is 1. The van der Waals surface area contributed by atoms with Crippen molar-refractivity contribution in [2.45, 2.75) is 29.1 Å². The molecule has 2 aliphatic heterocycles. The monoisotopic (exact) mass is 597 g/mol. The summed E-state index contributed by atoms with van der Waals surface area (Å²) in [6.45, 7) is 1.63. The average Bonchev–Trinajstić information content (AvgIpc) is 3.12. The summed E-state index contributed by atoms with van der Waals surface area (Å²) in [5, 5.41) is 13.1. The van der Waals surface area contributed by atoms with E-state index in [0.717, 1.165) is 0 Å². The number of β-lactam (4-membered cyclic amide) rings is 1. The first kappa shape index (κ1) is 24.3. The zero-order valence-corrected chi connectivity index (χ0v) is 20.9. The quantitative estimate of drug-likeness (QED) is 0.0936. The summed E-state index contributed by atoms with van der Waals surface area (Å²) in [6, 6.07) is 12.4. The van der Waals surface area contributed by atoms with Crippen molar-refractivity contribution in [3.63, 3.8) is 0 Å². The number of hydrogen-bond acceptors (Lipinski definition) is 8. The number of nitrogens with one attached hydrogen (secondary N) is 1. The fourth-order valence-electron chi connectivity index (χ4n) is 3.81. The highest BCUT2D eigenvalue weighted by molar-refractivity contribution is 14.1. The molecule has 2 amide bonds. The van der Waals surface area contributed by atoms with E-state index in [2.05, 4.69) is 27.9 Å². The maximum atomic E-state index is 13.1. The number of carbonyl (C=O) groups excluding carboxylic acids is 3. The standard InChI is InChI=1S/C22H20IN3O7S/c1-22(12-23)18(21(29)33-15-9-7-13(8-10-15)26(30)31)25-19(28)17(20(25)34-22)24-16(27)11-32-14-5-3-2-4-6-14/h2-10,17-18,20H,11-12H2,1H3,(H,24,27)/t17?,18?,20-,22?/m0/s1. The molecule has 2 aromatic carbocycles. The summed E-state index contributed by atoms with van der Waals surface area (Å²) in [5.74, 6) is -0.745. The number of rotatable bonds is 8. The van der Waals surface area contributed by atoms with Gasteiger partial charge < -0.3 is 19.7 Å². The van der Waals surface area contributed by atoms with E-state index in [-0.39, 0.29) is 24.0 Å². The molecule has 2 aromatic rings. The fourth-order valence-corrected chi connectivity index (χ4v) is 6.38.